The van der Waals surface area contributed by atoms with Gasteiger partial charge in [-0.1, -0.05) is 18.7 Å². The maximum absolute atomic E-state index is 11.9. The number of hydrogen-bond donors (Lipinski definition) is 0. The molecule has 0 saturated heterocycles. The van der Waals surface area contributed by atoms with Crippen LogP contribution in [0.2, 0.25) is 0 Å². The van der Waals surface area contributed by atoms with E-state index in [1.165, 1.54) is 6.08 Å². The molecule has 0 heterocycles. The fourth-order valence-corrected chi connectivity index (χ4v) is 2.01. The lowest BCUT2D eigenvalue weighted by Gasteiger charge is -2.09. The molecular weight excluding hydrogens is 320 g/mol. The first-order chi connectivity index (χ1) is 12.2. The van der Waals surface area contributed by atoms with Gasteiger partial charge >= 0.3 is 5.97 Å². The average molecular weight is 340 g/mol. The summed E-state index contributed by atoms with van der Waals surface area (Å²) < 4.78 is 21.0. The van der Waals surface area contributed by atoms with Gasteiger partial charge in [0.25, 0.3) is 0 Å². The molecule has 2 aromatic carbocycles. The smallest absolute Gasteiger partial charge is 0.336 e. The van der Waals surface area contributed by atoms with Crippen molar-refractivity contribution in [2.24, 2.45) is 0 Å². The Kier molecular flexibility index (Phi) is 6.65. The van der Waals surface area contributed by atoms with Gasteiger partial charge in [-0.3, -0.25) is 0 Å². The number of carbonyl (C=O) groups excluding carboxylic acids is 1. The van der Waals surface area contributed by atoms with Crippen LogP contribution in [0.4, 0.5) is 0 Å². The molecule has 0 amide bonds. The van der Waals surface area contributed by atoms with Crippen molar-refractivity contribution in [3.63, 3.8) is 0 Å². The lowest BCUT2D eigenvalue weighted by molar-refractivity contribution is -0.128. The minimum Gasteiger partial charge on any atom is -0.497 e. The van der Waals surface area contributed by atoms with E-state index in [2.05, 4.69) is 6.58 Å². The van der Waals surface area contributed by atoms with Crippen LogP contribution in [-0.2, 0) is 4.79 Å². The summed E-state index contributed by atoms with van der Waals surface area (Å²) >= 11 is 0. The summed E-state index contributed by atoms with van der Waals surface area (Å²) in [7, 11) is 3.13. The third-order valence-electron chi connectivity index (χ3n) is 3.23. The Morgan fingerprint density at radius 1 is 1.00 bits per heavy atom. The van der Waals surface area contributed by atoms with E-state index in [1.54, 1.807) is 62.8 Å². The highest BCUT2D eigenvalue weighted by Crippen LogP contribution is 2.28. The molecule has 25 heavy (non-hydrogen) atoms. The second-order valence-electron chi connectivity index (χ2n) is 4.94. The highest BCUT2D eigenvalue weighted by Gasteiger charge is 2.05. The van der Waals surface area contributed by atoms with E-state index in [0.717, 1.165) is 5.56 Å². The van der Waals surface area contributed by atoms with Gasteiger partial charge in [0.15, 0.2) is 11.5 Å². The molecule has 0 N–H and O–H groups in total. The molecule has 5 heteroatoms. The molecular formula is C20H20O5. The van der Waals surface area contributed by atoms with Crippen LogP contribution in [0.25, 0.3) is 6.08 Å². The fourth-order valence-electron chi connectivity index (χ4n) is 2.01. The van der Waals surface area contributed by atoms with Crippen molar-refractivity contribution < 1.29 is 23.7 Å². The van der Waals surface area contributed by atoms with Gasteiger partial charge in [0, 0.05) is 6.08 Å². The van der Waals surface area contributed by atoms with Crippen molar-refractivity contribution >= 4 is 12.0 Å². The van der Waals surface area contributed by atoms with Crippen molar-refractivity contribution in [1.82, 2.24) is 0 Å². The van der Waals surface area contributed by atoms with E-state index in [0.29, 0.717) is 29.6 Å². The molecule has 0 aliphatic rings. The van der Waals surface area contributed by atoms with Crippen LogP contribution in [0.5, 0.6) is 23.0 Å². The Morgan fingerprint density at radius 3 is 2.36 bits per heavy atom. The number of hydrogen-bond acceptors (Lipinski definition) is 5. The first-order valence-electron chi connectivity index (χ1n) is 7.62. The van der Waals surface area contributed by atoms with Gasteiger partial charge in [0.05, 0.1) is 14.2 Å². The summed E-state index contributed by atoms with van der Waals surface area (Å²) in [5.74, 6) is 1.85. The van der Waals surface area contributed by atoms with Crippen molar-refractivity contribution in [3.05, 3.63) is 66.8 Å². The Bertz CT molecular complexity index is 747. The first-order valence-corrected chi connectivity index (χ1v) is 7.62. The fraction of sp³-hybridized carbons (Fsp3) is 0.150. The Balaban J connectivity index is 2.01. The number of methoxy groups -OCH3 is 2. The maximum Gasteiger partial charge on any atom is 0.336 e. The van der Waals surface area contributed by atoms with Gasteiger partial charge in [-0.25, -0.2) is 4.79 Å². The lowest BCUT2D eigenvalue weighted by Crippen LogP contribution is -2.03. The quantitative estimate of drug-likeness (QED) is 0.316. The third-order valence-corrected chi connectivity index (χ3v) is 3.23. The summed E-state index contributed by atoms with van der Waals surface area (Å²) in [5, 5.41) is 0. The lowest BCUT2D eigenvalue weighted by atomic mass is 10.2. The molecule has 0 bridgehead atoms. The molecule has 0 fully saturated rings. The predicted octanol–water partition coefficient (Wildman–Crippen LogP) is 3.89. The first kappa shape index (κ1) is 18.1. The van der Waals surface area contributed by atoms with Crippen LogP contribution in [0.1, 0.15) is 5.56 Å². The van der Waals surface area contributed by atoms with Gasteiger partial charge < -0.3 is 18.9 Å². The van der Waals surface area contributed by atoms with Crippen molar-refractivity contribution in [2.75, 3.05) is 20.8 Å². The summed E-state index contributed by atoms with van der Waals surface area (Å²) in [5.41, 5.74) is 0.787. The Hall–Kier alpha value is -3.21. The van der Waals surface area contributed by atoms with Crippen molar-refractivity contribution in [2.45, 2.75) is 0 Å². The zero-order valence-electron chi connectivity index (χ0n) is 14.2. The van der Waals surface area contributed by atoms with Crippen LogP contribution in [0, 0.1) is 0 Å². The topological polar surface area (TPSA) is 54.0 Å². The standard InChI is InChI=1S/C20H20O5/c1-4-13-24-18-11-5-15(14-19(18)23-3)6-12-20(21)25-17-9-7-16(22-2)8-10-17/h4-12,14H,1,13H2,2-3H3/b12-6+. The molecule has 0 atom stereocenters. The van der Waals surface area contributed by atoms with E-state index in [-0.39, 0.29) is 0 Å². The molecule has 0 saturated carbocycles. The van der Waals surface area contributed by atoms with E-state index >= 15 is 0 Å². The van der Waals surface area contributed by atoms with Crippen LogP contribution < -0.4 is 18.9 Å². The van der Waals surface area contributed by atoms with Gasteiger partial charge in [0.2, 0.25) is 0 Å². The number of ether oxygens (including phenoxy) is 4. The van der Waals surface area contributed by atoms with E-state index in [9.17, 15) is 4.79 Å². The molecule has 0 unspecified atom stereocenters. The highest BCUT2D eigenvalue weighted by atomic mass is 16.5. The zero-order valence-corrected chi connectivity index (χ0v) is 14.2. The maximum atomic E-state index is 11.9. The largest absolute Gasteiger partial charge is 0.497 e. The number of benzene rings is 2. The summed E-state index contributed by atoms with van der Waals surface area (Å²) in [6.07, 6.45) is 4.65. The molecule has 0 spiro atoms. The zero-order chi connectivity index (χ0) is 18.1. The van der Waals surface area contributed by atoms with Crippen LogP contribution in [0.3, 0.4) is 0 Å². The van der Waals surface area contributed by atoms with E-state index < -0.39 is 5.97 Å². The van der Waals surface area contributed by atoms with Crippen molar-refractivity contribution in [1.29, 1.82) is 0 Å². The Morgan fingerprint density at radius 2 is 1.72 bits per heavy atom. The van der Waals surface area contributed by atoms with E-state index in [4.69, 9.17) is 18.9 Å². The highest BCUT2D eigenvalue weighted by molar-refractivity contribution is 5.88. The summed E-state index contributed by atoms with van der Waals surface area (Å²) in [6, 6.07) is 12.1. The monoisotopic (exact) mass is 340 g/mol. The average Bonchev–Trinajstić information content (AvgIpc) is 2.65. The molecule has 2 aromatic rings. The van der Waals surface area contributed by atoms with Crippen LogP contribution in [-0.4, -0.2) is 26.8 Å². The molecule has 5 nitrogen and oxygen atoms in total. The molecule has 0 aliphatic carbocycles. The number of carbonyl (C=O) groups is 1. The third kappa shape index (κ3) is 5.42. The van der Waals surface area contributed by atoms with Gasteiger partial charge in [-0.05, 0) is 48.0 Å². The minimum atomic E-state index is -0.476. The second kappa shape index (κ2) is 9.17. The molecule has 0 radical (unpaired) electrons. The van der Waals surface area contributed by atoms with Crippen LogP contribution in [0.15, 0.2) is 61.2 Å². The van der Waals surface area contributed by atoms with Crippen LogP contribution >= 0.6 is 0 Å². The number of esters is 1. The summed E-state index contributed by atoms with van der Waals surface area (Å²) in [4.78, 5) is 11.9. The predicted molar refractivity (Wildman–Crippen MR) is 96.3 cm³/mol. The van der Waals surface area contributed by atoms with Gasteiger partial charge in [-0.2, -0.15) is 0 Å². The normalized spacial score (nSPS) is 10.3. The molecule has 0 aromatic heterocycles. The van der Waals surface area contributed by atoms with E-state index in [1.807, 2.05) is 6.07 Å². The minimum absolute atomic E-state index is 0.389. The SMILES string of the molecule is C=CCOc1ccc(/C=C/C(=O)Oc2ccc(OC)cc2)cc1OC. The Labute approximate surface area is 147 Å². The second-order valence-corrected chi connectivity index (χ2v) is 4.94. The number of rotatable bonds is 8. The molecule has 130 valence electrons. The van der Waals surface area contributed by atoms with Gasteiger partial charge in [0.1, 0.15) is 18.1 Å². The van der Waals surface area contributed by atoms with Gasteiger partial charge in [-0.15, -0.1) is 0 Å². The summed E-state index contributed by atoms with van der Waals surface area (Å²) in [6.45, 7) is 3.99. The molecule has 2 rings (SSSR count). The molecule has 0 aliphatic heterocycles. The van der Waals surface area contributed by atoms with Crippen molar-refractivity contribution in [3.8, 4) is 23.0 Å².